The van der Waals surface area contributed by atoms with Gasteiger partial charge in [-0.15, -0.1) is 0 Å². The third-order valence-electron chi connectivity index (χ3n) is 1.98. The fourth-order valence-electron chi connectivity index (χ4n) is 1.20. The van der Waals surface area contributed by atoms with Gasteiger partial charge in [-0.05, 0) is 17.7 Å². The molecule has 0 saturated carbocycles. The van der Waals surface area contributed by atoms with Crippen LogP contribution in [0.5, 0.6) is 0 Å². The minimum atomic E-state index is -3.16. The molecule has 5 heteroatoms. The van der Waals surface area contributed by atoms with Gasteiger partial charge in [0.2, 0.25) is 0 Å². The van der Waals surface area contributed by atoms with Crippen LogP contribution >= 0.6 is 11.8 Å². The molecular weight excluding hydrogens is 256 g/mol. The Balaban J connectivity index is 2.76. The van der Waals surface area contributed by atoms with Crippen molar-refractivity contribution in [3.05, 3.63) is 35.9 Å². The molecule has 3 nitrogen and oxygen atoms in total. The predicted molar refractivity (Wildman–Crippen MR) is 71.7 cm³/mol. The SMILES string of the molecule is CC(=O)SC/C=C/c1cccc(S(C)(=O)=O)c1. The lowest BCUT2D eigenvalue weighted by molar-refractivity contribution is -0.109. The van der Waals surface area contributed by atoms with Crippen LogP contribution in [0.25, 0.3) is 6.08 Å². The van der Waals surface area contributed by atoms with Crippen LogP contribution in [0.4, 0.5) is 0 Å². The van der Waals surface area contributed by atoms with E-state index in [-0.39, 0.29) is 5.12 Å². The van der Waals surface area contributed by atoms with Crippen LogP contribution < -0.4 is 0 Å². The van der Waals surface area contributed by atoms with Crippen LogP contribution in [-0.2, 0) is 14.6 Å². The maximum Gasteiger partial charge on any atom is 0.186 e. The second kappa shape index (κ2) is 6.02. The Bertz CT molecular complexity index is 530. The van der Waals surface area contributed by atoms with Crippen molar-refractivity contribution in [2.45, 2.75) is 11.8 Å². The highest BCUT2D eigenvalue weighted by Gasteiger charge is 2.05. The van der Waals surface area contributed by atoms with Crippen molar-refractivity contribution in [3.63, 3.8) is 0 Å². The third kappa shape index (κ3) is 5.19. The zero-order valence-electron chi connectivity index (χ0n) is 9.71. The molecule has 0 aliphatic rings. The van der Waals surface area contributed by atoms with Gasteiger partial charge < -0.3 is 0 Å². The Morgan fingerprint density at radius 2 is 2.12 bits per heavy atom. The van der Waals surface area contributed by atoms with Gasteiger partial charge in [0.25, 0.3) is 0 Å². The Hall–Kier alpha value is -1.07. The van der Waals surface area contributed by atoms with Crippen molar-refractivity contribution in [2.75, 3.05) is 12.0 Å². The molecule has 0 aromatic heterocycles. The molecule has 0 amide bonds. The molecule has 0 heterocycles. The zero-order chi connectivity index (χ0) is 12.9. The fourth-order valence-corrected chi connectivity index (χ4v) is 2.30. The van der Waals surface area contributed by atoms with Crippen LogP contribution in [0.15, 0.2) is 35.2 Å². The summed E-state index contributed by atoms with van der Waals surface area (Å²) in [5.41, 5.74) is 0.817. The molecule has 0 aliphatic heterocycles. The van der Waals surface area contributed by atoms with Gasteiger partial charge in [-0.3, -0.25) is 4.79 Å². The average Bonchev–Trinajstić information content (AvgIpc) is 2.23. The van der Waals surface area contributed by atoms with Gasteiger partial charge in [0.1, 0.15) is 0 Å². The summed E-state index contributed by atoms with van der Waals surface area (Å²) in [6.45, 7) is 1.52. The van der Waals surface area contributed by atoms with Crippen molar-refractivity contribution in [3.8, 4) is 0 Å². The van der Waals surface area contributed by atoms with Crippen molar-refractivity contribution in [1.29, 1.82) is 0 Å². The van der Waals surface area contributed by atoms with Gasteiger partial charge >= 0.3 is 0 Å². The Morgan fingerprint density at radius 1 is 1.41 bits per heavy atom. The van der Waals surface area contributed by atoms with Crippen LogP contribution in [0, 0.1) is 0 Å². The molecule has 0 unspecified atom stereocenters. The van der Waals surface area contributed by atoms with Crippen LogP contribution in [-0.4, -0.2) is 25.5 Å². The molecule has 0 N–H and O–H groups in total. The summed E-state index contributed by atoms with van der Waals surface area (Å²) in [4.78, 5) is 11.0. The molecule has 17 heavy (non-hydrogen) atoms. The first-order valence-corrected chi connectivity index (χ1v) is 7.87. The Kier molecular flexibility index (Phi) is 4.96. The van der Waals surface area contributed by atoms with Crippen molar-refractivity contribution >= 4 is 32.8 Å². The van der Waals surface area contributed by atoms with Crippen molar-refractivity contribution in [1.82, 2.24) is 0 Å². The van der Waals surface area contributed by atoms with Crippen molar-refractivity contribution in [2.24, 2.45) is 0 Å². The van der Waals surface area contributed by atoms with Gasteiger partial charge in [-0.1, -0.05) is 36.0 Å². The smallest absolute Gasteiger partial charge is 0.186 e. The Morgan fingerprint density at radius 3 is 2.71 bits per heavy atom. The van der Waals surface area contributed by atoms with E-state index in [4.69, 9.17) is 0 Å². The first-order chi connectivity index (χ1) is 7.89. The number of benzene rings is 1. The maximum absolute atomic E-state index is 11.3. The molecular formula is C12H14O3S2. The first-order valence-electron chi connectivity index (χ1n) is 4.99. The van der Waals surface area contributed by atoms with Crippen LogP contribution in [0.3, 0.4) is 0 Å². The summed E-state index contributed by atoms with van der Waals surface area (Å²) in [5.74, 6) is 0.596. The summed E-state index contributed by atoms with van der Waals surface area (Å²) >= 11 is 1.22. The summed E-state index contributed by atoms with van der Waals surface area (Å²) in [5, 5.41) is 0.0690. The molecule has 1 aromatic rings. The number of hydrogen-bond acceptors (Lipinski definition) is 4. The average molecular weight is 270 g/mol. The summed E-state index contributed by atoms with van der Waals surface area (Å²) in [6, 6.07) is 6.71. The molecule has 1 rings (SSSR count). The minimum Gasteiger partial charge on any atom is -0.288 e. The first kappa shape index (κ1) is 14.0. The number of hydrogen-bond donors (Lipinski definition) is 0. The maximum atomic E-state index is 11.3. The molecule has 0 radical (unpaired) electrons. The molecule has 0 atom stereocenters. The molecule has 92 valence electrons. The van der Waals surface area contributed by atoms with Gasteiger partial charge in [0.05, 0.1) is 4.90 Å². The van der Waals surface area contributed by atoms with Crippen molar-refractivity contribution < 1.29 is 13.2 Å². The summed E-state index contributed by atoms with van der Waals surface area (Å²) in [7, 11) is -3.16. The predicted octanol–water partition coefficient (Wildman–Crippen LogP) is 2.38. The van der Waals surface area contributed by atoms with E-state index >= 15 is 0 Å². The van der Waals surface area contributed by atoms with Gasteiger partial charge in [0, 0.05) is 18.9 Å². The van der Waals surface area contributed by atoms with E-state index in [1.807, 2.05) is 18.2 Å². The van der Waals surface area contributed by atoms with E-state index in [0.717, 1.165) is 5.56 Å². The number of sulfone groups is 1. The molecule has 0 fully saturated rings. The number of thioether (sulfide) groups is 1. The topological polar surface area (TPSA) is 51.2 Å². The normalized spacial score (nSPS) is 11.9. The lowest BCUT2D eigenvalue weighted by Crippen LogP contribution is -1.96. The van der Waals surface area contributed by atoms with E-state index in [1.54, 1.807) is 18.2 Å². The number of rotatable bonds is 4. The van der Waals surface area contributed by atoms with Gasteiger partial charge in [-0.2, -0.15) is 0 Å². The molecule has 0 spiro atoms. The molecule has 0 aliphatic carbocycles. The van der Waals surface area contributed by atoms with E-state index in [1.165, 1.54) is 24.9 Å². The summed E-state index contributed by atoms with van der Waals surface area (Å²) in [6.07, 6.45) is 4.83. The lowest BCUT2D eigenvalue weighted by Gasteiger charge is -1.99. The number of carbonyl (C=O) groups is 1. The zero-order valence-corrected chi connectivity index (χ0v) is 11.3. The van der Waals surface area contributed by atoms with Crippen LogP contribution in [0.1, 0.15) is 12.5 Å². The second-order valence-corrected chi connectivity index (χ2v) is 6.76. The lowest BCUT2D eigenvalue weighted by atomic mass is 10.2. The highest BCUT2D eigenvalue weighted by atomic mass is 32.2. The Labute approximate surface area is 106 Å². The van der Waals surface area contributed by atoms with Gasteiger partial charge in [-0.25, -0.2) is 8.42 Å². The monoisotopic (exact) mass is 270 g/mol. The number of carbonyl (C=O) groups excluding carboxylic acids is 1. The summed E-state index contributed by atoms with van der Waals surface area (Å²) < 4.78 is 22.7. The third-order valence-corrected chi connectivity index (χ3v) is 3.86. The minimum absolute atomic E-state index is 0.0690. The van der Waals surface area contributed by atoms with E-state index in [2.05, 4.69) is 0 Å². The second-order valence-electron chi connectivity index (χ2n) is 3.55. The molecule has 0 bridgehead atoms. The van der Waals surface area contributed by atoms with Crippen LogP contribution in [0.2, 0.25) is 0 Å². The fraction of sp³-hybridized carbons (Fsp3) is 0.250. The van der Waals surface area contributed by atoms with E-state index in [0.29, 0.717) is 10.6 Å². The quantitative estimate of drug-likeness (QED) is 0.843. The largest absolute Gasteiger partial charge is 0.288 e. The standard InChI is InChI=1S/C12H14O3S2/c1-10(13)16-8-4-6-11-5-3-7-12(9-11)17(2,14)15/h3-7,9H,8H2,1-2H3/b6-4+. The van der Waals surface area contributed by atoms with E-state index < -0.39 is 9.84 Å². The highest BCUT2D eigenvalue weighted by Crippen LogP contribution is 2.13. The highest BCUT2D eigenvalue weighted by molar-refractivity contribution is 8.13. The van der Waals surface area contributed by atoms with Gasteiger partial charge in [0.15, 0.2) is 15.0 Å². The molecule has 1 aromatic carbocycles. The van der Waals surface area contributed by atoms with E-state index in [9.17, 15) is 13.2 Å². The molecule has 0 saturated heterocycles.